The van der Waals surface area contributed by atoms with Gasteiger partial charge in [0.2, 0.25) is 0 Å². The van der Waals surface area contributed by atoms with Gasteiger partial charge in [-0.25, -0.2) is 4.68 Å². The van der Waals surface area contributed by atoms with Crippen LogP contribution in [0.3, 0.4) is 0 Å². The first-order valence-electron chi connectivity index (χ1n) is 11.7. The van der Waals surface area contributed by atoms with Crippen LogP contribution in [0.1, 0.15) is 40.5 Å². The molecule has 1 aliphatic heterocycles. The van der Waals surface area contributed by atoms with Crippen LogP contribution in [0.25, 0.3) is 10.8 Å². The lowest BCUT2D eigenvalue weighted by atomic mass is 10.0. The maximum absolute atomic E-state index is 14.0. The van der Waals surface area contributed by atoms with Crippen molar-refractivity contribution in [3.8, 4) is 11.5 Å². The lowest BCUT2D eigenvalue weighted by Crippen LogP contribution is -2.34. The molecule has 1 aliphatic rings. The van der Waals surface area contributed by atoms with Gasteiger partial charge >= 0.3 is 0 Å². The van der Waals surface area contributed by atoms with E-state index in [1.54, 1.807) is 26.4 Å². The van der Waals surface area contributed by atoms with Crippen molar-refractivity contribution in [2.45, 2.75) is 25.4 Å². The predicted octanol–water partition coefficient (Wildman–Crippen LogP) is 4.44. The number of benzene rings is 3. The van der Waals surface area contributed by atoms with Crippen LogP contribution in [0.4, 0.5) is 0 Å². The molecule has 2 heterocycles. The second-order valence-corrected chi connectivity index (χ2v) is 8.61. The van der Waals surface area contributed by atoms with Crippen LogP contribution in [0.2, 0.25) is 0 Å². The summed E-state index contributed by atoms with van der Waals surface area (Å²) in [5, 5.41) is 5.65. The Morgan fingerprint density at radius 2 is 1.71 bits per heavy atom. The second kappa shape index (κ2) is 9.62. The van der Waals surface area contributed by atoms with E-state index in [9.17, 15) is 9.59 Å². The Hall–Kier alpha value is -4.13. The maximum Gasteiger partial charge on any atom is 0.275 e. The van der Waals surface area contributed by atoms with E-state index in [1.165, 1.54) is 4.68 Å². The number of likely N-dealkylation sites (tertiary alicyclic amines) is 1. The number of methoxy groups -OCH3 is 2. The SMILES string of the molecule is COc1ccc(OC)c([C@H]2CCCN2C(=O)c2nn(Cc3ccccc3)c(=O)c3ccccc23)c1. The molecule has 0 bridgehead atoms. The number of rotatable bonds is 6. The number of fused-ring (bicyclic) bond motifs is 1. The Morgan fingerprint density at radius 1 is 0.971 bits per heavy atom. The number of carbonyl (C=O) groups is 1. The van der Waals surface area contributed by atoms with Crippen LogP contribution in [0, 0.1) is 0 Å². The van der Waals surface area contributed by atoms with Gasteiger partial charge in [0.25, 0.3) is 11.5 Å². The van der Waals surface area contributed by atoms with Gasteiger partial charge in [-0.3, -0.25) is 9.59 Å². The minimum absolute atomic E-state index is 0.178. The normalized spacial score (nSPS) is 15.4. The maximum atomic E-state index is 14.0. The molecule has 35 heavy (non-hydrogen) atoms. The van der Waals surface area contributed by atoms with Gasteiger partial charge < -0.3 is 14.4 Å². The average molecular weight is 470 g/mol. The Kier molecular flexibility index (Phi) is 6.23. The monoisotopic (exact) mass is 469 g/mol. The van der Waals surface area contributed by atoms with E-state index in [4.69, 9.17) is 9.47 Å². The summed E-state index contributed by atoms with van der Waals surface area (Å²) in [4.78, 5) is 29.0. The number of ether oxygens (including phenoxy) is 2. The van der Waals surface area contributed by atoms with E-state index in [0.29, 0.717) is 28.8 Å². The lowest BCUT2D eigenvalue weighted by molar-refractivity contribution is 0.0727. The Labute approximate surface area is 203 Å². The van der Waals surface area contributed by atoms with E-state index in [0.717, 1.165) is 24.0 Å². The van der Waals surface area contributed by atoms with Crippen LogP contribution in [0.15, 0.2) is 77.6 Å². The number of hydrogen-bond acceptors (Lipinski definition) is 5. The number of nitrogens with zero attached hydrogens (tertiary/aromatic N) is 3. The number of amides is 1. The zero-order valence-electron chi connectivity index (χ0n) is 19.8. The lowest BCUT2D eigenvalue weighted by Gasteiger charge is -2.27. The summed E-state index contributed by atoms with van der Waals surface area (Å²) in [6.45, 7) is 0.885. The quantitative estimate of drug-likeness (QED) is 0.417. The summed E-state index contributed by atoms with van der Waals surface area (Å²) in [7, 11) is 3.25. The highest BCUT2D eigenvalue weighted by atomic mass is 16.5. The van der Waals surface area contributed by atoms with Gasteiger partial charge in [-0.2, -0.15) is 5.10 Å². The van der Waals surface area contributed by atoms with Crippen LogP contribution in [-0.4, -0.2) is 41.4 Å². The highest BCUT2D eigenvalue weighted by Gasteiger charge is 2.34. The molecule has 5 rings (SSSR count). The predicted molar refractivity (Wildman–Crippen MR) is 134 cm³/mol. The van der Waals surface area contributed by atoms with Gasteiger partial charge in [0.05, 0.1) is 32.2 Å². The van der Waals surface area contributed by atoms with E-state index >= 15 is 0 Å². The second-order valence-electron chi connectivity index (χ2n) is 8.61. The van der Waals surface area contributed by atoms with Crippen molar-refractivity contribution in [1.29, 1.82) is 0 Å². The smallest absolute Gasteiger partial charge is 0.275 e. The zero-order chi connectivity index (χ0) is 24.4. The molecule has 7 nitrogen and oxygen atoms in total. The van der Waals surface area contributed by atoms with Crippen molar-refractivity contribution < 1.29 is 14.3 Å². The zero-order valence-corrected chi connectivity index (χ0v) is 19.8. The average Bonchev–Trinajstić information content (AvgIpc) is 3.40. The molecule has 4 aromatic rings. The fourth-order valence-corrected chi connectivity index (χ4v) is 4.83. The third-order valence-corrected chi connectivity index (χ3v) is 6.56. The van der Waals surface area contributed by atoms with Crippen molar-refractivity contribution in [2.24, 2.45) is 0 Å². The van der Waals surface area contributed by atoms with Crippen molar-refractivity contribution in [3.05, 3.63) is 100.0 Å². The molecule has 178 valence electrons. The molecule has 3 aromatic carbocycles. The Bertz CT molecular complexity index is 1430. The van der Waals surface area contributed by atoms with Crippen LogP contribution >= 0.6 is 0 Å². The molecule has 1 saturated heterocycles. The minimum Gasteiger partial charge on any atom is -0.497 e. The van der Waals surface area contributed by atoms with Gasteiger partial charge in [0, 0.05) is 17.5 Å². The summed E-state index contributed by atoms with van der Waals surface area (Å²) >= 11 is 0. The van der Waals surface area contributed by atoms with Crippen molar-refractivity contribution in [1.82, 2.24) is 14.7 Å². The fourth-order valence-electron chi connectivity index (χ4n) is 4.83. The molecule has 0 saturated carbocycles. The molecule has 0 radical (unpaired) electrons. The Balaban J connectivity index is 1.59. The van der Waals surface area contributed by atoms with Crippen molar-refractivity contribution >= 4 is 16.7 Å². The van der Waals surface area contributed by atoms with Gasteiger partial charge in [-0.05, 0) is 42.7 Å². The van der Waals surface area contributed by atoms with Gasteiger partial charge in [-0.1, -0.05) is 48.5 Å². The molecule has 7 heteroatoms. The topological polar surface area (TPSA) is 73.7 Å². The molecule has 0 N–H and O–H groups in total. The van der Waals surface area contributed by atoms with Crippen LogP contribution < -0.4 is 15.0 Å². The highest BCUT2D eigenvalue weighted by Crippen LogP contribution is 2.39. The fraction of sp³-hybridized carbons (Fsp3) is 0.250. The molecule has 0 aliphatic carbocycles. The number of hydrogen-bond donors (Lipinski definition) is 0. The molecular formula is C28H27N3O4. The van der Waals surface area contributed by atoms with E-state index in [-0.39, 0.29) is 29.7 Å². The largest absolute Gasteiger partial charge is 0.497 e. The molecule has 1 amide bonds. The van der Waals surface area contributed by atoms with E-state index in [2.05, 4.69) is 5.10 Å². The molecule has 1 atom stereocenters. The summed E-state index contributed by atoms with van der Waals surface area (Å²) < 4.78 is 12.4. The van der Waals surface area contributed by atoms with E-state index < -0.39 is 0 Å². The summed E-state index contributed by atoms with van der Waals surface area (Å²) in [5.41, 5.74) is 1.91. The third-order valence-electron chi connectivity index (χ3n) is 6.56. The summed E-state index contributed by atoms with van der Waals surface area (Å²) in [5.74, 6) is 1.22. The van der Waals surface area contributed by atoms with Crippen molar-refractivity contribution in [2.75, 3.05) is 20.8 Å². The molecule has 1 fully saturated rings. The van der Waals surface area contributed by atoms with E-state index in [1.807, 2.05) is 65.6 Å². The van der Waals surface area contributed by atoms with Gasteiger partial charge in [0.15, 0.2) is 5.69 Å². The Morgan fingerprint density at radius 3 is 2.46 bits per heavy atom. The molecular weight excluding hydrogens is 442 g/mol. The first-order valence-corrected chi connectivity index (χ1v) is 11.7. The van der Waals surface area contributed by atoms with Crippen LogP contribution in [-0.2, 0) is 6.54 Å². The minimum atomic E-state index is -0.214. The number of aromatic nitrogens is 2. The van der Waals surface area contributed by atoms with Crippen LogP contribution in [0.5, 0.6) is 11.5 Å². The highest BCUT2D eigenvalue weighted by molar-refractivity contribution is 6.05. The number of carbonyl (C=O) groups excluding carboxylic acids is 1. The molecule has 1 aromatic heterocycles. The third kappa shape index (κ3) is 4.25. The standard InChI is InChI=1S/C28H27N3O4/c1-34-20-14-15-25(35-2)23(17-20)24-13-8-16-30(24)28(33)26-21-11-6-7-12-22(21)27(32)31(29-26)18-19-9-4-3-5-10-19/h3-7,9-12,14-15,17,24H,8,13,16,18H2,1-2H3/t24-/m1/s1. The first-order chi connectivity index (χ1) is 17.1. The molecule has 0 spiro atoms. The summed E-state index contributed by atoms with van der Waals surface area (Å²) in [6, 6.07) is 22.3. The van der Waals surface area contributed by atoms with Gasteiger partial charge in [0.1, 0.15) is 11.5 Å². The van der Waals surface area contributed by atoms with Crippen molar-refractivity contribution in [3.63, 3.8) is 0 Å². The first kappa shape index (κ1) is 22.7. The molecule has 0 unspecified atom stereocenters. The van der Waals surface area contributed by atoms with Gasteiger partial charge in [-0.15, -0.1) is 0 Å². The summed E-state index contributed by atoms with van der Waals surface area (Å²) in [6.07, 6.45) is 1.66.